The molecule has 3 rings (SSSR count). The van der Waals surface area contributed by atoms with Gasteiger partial charge in [0.05, 0.1) is 16.3 Å². The lowest BCUT2D eigenvalue weighted by Gasteiger charge is -2.33. The van der Waals surface area contributed by atoms with Crippen LogP contribution in [0, 0.1) is 11.3 Å². The van der Waals surface area contributed by atoms with Gasteiger partial charge in [-0.1, -0.05) is 23.7 Å². The van der Waals surface area contributed by atoms with Crippen LogP contribution in [0.5, 0.6) is 0 Å². The second-order valence-corrected chi connectivity index (χ2v) is 5.77. The normalized spacial score (nSPS) is 15.4. The Morgan fingerprint density at radius 2 is 2.00 bits per heavy atom. The Morgan fingerprint density at radius 1 is 1.18 bits per heavy atom. The van der Waals surface area contributed by atoms with Gasteiger partial charge in [0.15, 0.2) is 0 Å². The summed E-state index contributed by atoms with van der Waals surface area (Å²) in [4.78, 5) is 6.68. The van der Waals surface area contributed by atoms with Gasteiger partial charge in [0.25, 0.3) is 0 Å². The smallest absolute Gasteiger partial charge is 0.128 e. The largest absolute Gasteiger partial charge is 0.380 e. The summed E-state index contributed by atoms with van der Waals surface area (Å²) in [6.45, 7) is 1.89. The SMILES string of the molecule is N#Cc1cccc(Cl)c1NC1CCN(c2ccccn2)CC1. The summed E-state index contributed by atoms with van der Waals surface area (Å²) in [6.07, 6.45) is 3.81. The molecule has 22 heavy (non-hydrogen) atoms. The molecule has 1 N–H and O–H groups in total. The summed E-state index contributed by atoms with van der Waals surface area (Å²) in [5.74, 6) is 1.02. The first-order chi connectivity index (χ1) is 10.8. The topological polar surface area (TPSA) is 52.0 Å². The van der Waals surface area contributed by atoms with Crippen LogP contribution in [0.3, 0.4) is 0 Å². The third kappa shape index (κ3) is 3.15. The van der Waals surface area contributed by atoms with E-state index in [0.29, 0.717) is 16.6 Å². The molecule has 0 bridgehead atoms. The molecule has 0 unspecified atom stereocenters. The number of hydrogen-bond acceptors (Lipinski definition) is 4. The van der Waals surface area contributed by atoms with Crippen LogP contribution in [0.25, 0.3) is 0 Å². The Balaban J connectivity index is 1.65. The molecule has 1 aromatic heterocycles. The van der Waals surface area contributed by atoms with E-state index in [9.17, 15) is 5.26 Å². The Kier molecular flexibility index (Phi) is 4.45. The van der Waals surface area contributed by atoms with Gasteiger partial charge in [-0.05, 0) is 37.1 Å². The highest BCUT2D eigenvalue weighted by atomic mass is 35.5. The third-order valence-corrected chi connectivity index (χ3v) is 4.27. The fourth-order valence-corrected chi connectivity index (χ4v) is 2.99. The first kappa shape index (κ1) is 14.7. The van der Waals surface area contributed by atoms with Crippen molar-refractivity contribution in [3.8, 4) is 6.07 Å². The van der Waals surface area contributed by atoms with Crippen LogP contribution in [0.1, 0.15) is 18.4 Å². The summed E-state index contributed by atoms with van der Waals surface area (Å²) in [7, 11) is 0. The average molecular weight is 313 g/mol. The van der Waals surface area contributed by atoms with Crippen LogP contribution in [0.2, 0.25) is 5.02 Å². The molecular formula is C17H17ClN4. The molecule has 4 nitrogen and oxygen atoms in total. The number of benzene rings is 1. The van der Waals surface area contributed by atoms with Crippen molar-refractivity contribution in [3.63, 3.8) is 0 Å². The quantitative estimate of drug-likeness (QED) is 0.939. The van der Waals surface area contributed by atoms with Gasteiger partial charge in [-0.15, -0.1) is 0 Å². The van der Waals surface area contributed by atoms with E-state index in [-0.39, 0.29) is 0 Å². The van der Waals surface area contributed by atoms with E-state index in [0.717, 1.165) is 37.4 Å². The molecule has 0 atom stereocenters. The van der Waals surface area contributed by atoms with Crippen molar-refractivity contribution < 1.29 is 0 Å². The minimum absolute atomic E-state index is 0.326. The summed E-state index contributed by atoms with van der Waals surface area (Å²) in [5, 5.41) is 13.2. The number of anilines is 2. The van der Waals surface area contributed by atoms with Crippen LogP contribution in [-0.4, -0.2) is 24.1 Å². The van der Waals surface area contributed by atoms with E-state index in [1.807, 2.05) is 30.5 Å². The number of nitriles is 1. The minimum atomic E-state index is 0.326. The van der Waals surface area contributed by atoms with Crippen molar-refractivity contribution in [2.75, 3.05) is 23.3 Å². The summed E-state index contributed by atoms with van der Waals surface area (Å²) < 4.78 is 0. The molecule has 1 aromatic carbocycles. The van der Waals surface area contributed by atoms with Crippen molar-refractivity contribution in [1.82, 2.24) is 4.98 Å². The van der Waals surface area contributed by atoms with E-state index in [2.05, 4.69) is 21.3 Å². The maximum Gasteiger partial charge on any atom is 0.128 e. The highest BCUT2D eigenvalue weighted by Gasteiger charge is 2.21. The number of rotatable bonds is 3. The van der Waals surface area contributed by atoms with Crippen molar-refractivity contribution in [2.45, 2.75) is 18.9 Å². The molecule has 0 spiro atoms. The van der Waals surface area contributed by atoms with Crippen LogP contribution in [0.15, 0.2) is 42.6 Å². The standard InChI is InChI=1S/C17H17ClN4/c18-15-5-3-4-13(12-19)17(15)21-14-7-10-22(11-8-14)16-6-1-2-9-20-16/h1-6,9,14,21H,7-8,10-11H2. The van der Waals surface area contributed by atoms with Gasteiger partial charge in [-0.3, -0.25) is 0 Å². The molecule has 0 radical (unpaired) electrons. The minimum Gasteiger partial charge on any atom is -0.380 e. The van der Waals surface area contributed by atoms with Crippen LogP contribution in [-0.2, 0) is 0 Å². The number of piperidine rings is 1. The van der Waals surface area contributed by atoms with Gasteiger partial charge in [0.1, 0.15) is 11.9 Å². The number of halogens is 1. The van der Waals surface area contributed by atoms with Gasteiger partial charge in [0, 0.05) is 25.3 Å². The number of nitrogens with zero attached hydrogens (tertiary/aromatic N) is 3. The maximum atomic E-state index is 9.20. The van der Waals surface area contributed by atoms with Gasteiger partial charge in [0.2, 0.25) is 0 Å². The van der Waals surface area contributed by atoms with Crippen molar-refractivity contribution >= 4 is 23.1 Å². The summed E-state index contributed by atoms with van der Waals surface area (Å²) in [5.41, 5.74) is 1.35. The number of aromatic nitrogens is 1. The van der Waals surface area contributed by atoms with E-state index < -0.39 is 0 Å². The lowest BCUT2D eigenvalue weighted by Crippen LogP contribution is -2.39. The predicted octanol–water partition coefficient (Wildman–Crippen LogP) is 3.69. The highest BCUT2D eigenvalue weighted by molar-refractivity contribution is 6.33. The van der Waals surface area contributed by atoms with Crippen molar-refractivity contribution in [1.29, 1.82) is 5.26 Å². The van der Waals surface area contributed by atoms with E-state index in [1.165, 1.54) is 0 Å². The van der Waals surface area contributed by atoms with E-state index in [1.54, 1.807) is 12.1 Å². The zero-order valence-electron chi connectivity index (χ0n) is 12.2. The average Bonchev–Trinajstić information content (AvgIpc) is 2.58. The molecule has 1 aliphatic rings. The third-order valence-electron chi connectivity index (χ3n) is 3.95. The first-order valence-electron chi connectivity index (χ1n) is 7.39. The zero-order chi connectivity index (χ0) is 15.4. The van der Waals surface area contributed by atoms with Gasteiger partial charge in [-0.2, -0.15) is 5.26 Å². The molecule has 2 aromatic rings. The molecule has 0 amide bonds. The Morgan fingerprint density at radius 3 is 2.68 bits per heavy atom. The first-order valence-corrected chi connectivity index (χ1v) is 7.77. The number of para-hydroxylation sites is 1. The number of nitrogens with one attached hydrogen (secondary N) is 1. The second kappa shape index (κ2) is 6.67. The Bertz CT molecular complexity index is 673. The van der Waals surface area contributed by atoms with E-state index in [4.69, 9.17) is 11.6 Å². The molecule has 1 saturated heterocycles. The molecule has 2 heterocycles. The fraction of sp³-hybridized carbons (Fsp3) is 0.294. The highest BCUT2D eigenvalue weighted by Crippen LogP contribution is 2.28. The van der Waals surface area contributed by atoms with Gasteiger partial charge in [-0.25, -0.2) is 4.98 Å². The molecule has 1 aliphatic heterocycles. The summed E-state index contributed by atoms with van der Waals surface area (Å²) in [6, 6.07) is 13.9. The van der Waals surface area contributed by atoms with Crippen molar-refractivity contribution in [3.05, 3.63) is 53.2 Å². The number of hydrogen-bond donors (Lipinski definition) is 1. The van der Waals surface area contributed by atoms with E-state index >= 15 is 0 Å². The summed E-state index contributed by atoms with van der Waals surface area (Å²) >= 11 is 6.22. The maximum absolute atomic E-state index is 9.20. The Labute approximate surface area is 135 Å². The zero-order valence-corrected chi connectivity index (χ0v) is 12.9. The molecular weight excluding hydrogens is 296 g/mol. The molecule has 5 heteroatoms. The monoisotopic (exact) mass is 312 g/mol. The lowest BCUT2D eigenvalue weighted by atomic mass is 10.0. The van der Waals surface area contributed by atoms with Crippen LogP contribution < -0.4 is 10.2 Å². The molecule has 0 saturated carbocycles. The van der Waals surface area contributed by atoms with Crippen LogP contribution in [0.4, 0.5) is 11.5 Å². The molecule has 112 valence electrons. The Hall–Kier alpha value is -2.25. The van der Waals surface area contributed by atoms with Gasteiger partial charge < -0.3 is 10.2 Å². The second-order valence-electron chi connectivity index (χ2n) is 5.37. The predicted molar refractivity (Wildman–Crippen MR) is 89.3 cm³/mol. The lowest BCUT2D eigenvalue weighted by molar-refractivity contribution is 0.523. The van der Waals surface area contributed by atoms with Gasteiger partial charge >= 0.3 is 0 Å². The van der Waals surface area contributed by atoms with Crippen LogP contribution >= 0.6 is 11.6 Å². The molecule has 1 fully saturated rings. The number of pyridine rings is 1. The van der Waals surface area contributed by atoms with Crippen molar-refractivity contribution in [2.24, 2.45) is 0 Å². The molecule has 0 aliphatic carbocycles. The fourth-order valence-electron chi connectivity index (χ4n) is 2.76.